The molecule has 0 fully saturated rings. The molecule has 6 heteroatoms. The summed E-state index contributed by atoms with van der Waals surface area (Å²) in [5, 5.41) is 39.3. The van der Waals surface area contributed by atoms with E-state index in [-0.39, 0.29) is 6.61 Å². The van der Waals surface area contributed by atoms with Crippen LogP contribution < -0.4 is 5.32 Å². The molecule has 1 unspecified atom stereocenters. The van der Waals surface area contributed by atoms with Crippen LogP contribution in [0.1, 0.15) is 6.42 Å². The Balaban J connectivity index is 2.19. The molecule has 0 aromatic rings. The molecule has 1 heterocycles. The summed E-state index contributed by atoms with van der Waals surface area (Å²) in [7, 11) is 0. The fourth-order valence-electron chi connectivity index (χ4n) is 1.45. The van der Waals surface area contributed by atoms with Crippen molar-refractivity contribution >= 4 is 0 Å². The van der Waals surface area contributed by atoms with Crippen molar-refractivity contribution < 1.29 is 20.4 Å². The fraction of sp³-hybridized carbons (Fsp3) is 0.778. The monoisotopic (exact) mass is 218 g/mol. The van der Waals surface area contributed by atoms with Crippen molar-refractivity contribution in [2.24, 2.45) is 0 Å². The third-order valence-electron chi connectivity index (χ3n) is 2.29. The maximum Gasteiger partial charge on any atom is 0.128 e. The van der Waals surface area contributed by atoms with E-state index in [9.17, 15) is 15.3 Å². The van der Waals surface area contributed by atoms with Crippen LogP contribution in [0.5, 0.6) is 0 Å². The van der Waals surface area contributed by atoms with Crippen LogP contribution in [0, 0.1) is 0 Å². The fourth-order valence-corrected chi connectivity index (χ4v) is 1.45. The molecule has 6 nitrogen and oxygen atoms in total. The van der Waals surface area contributed by atoms with Crippen molar-refractivity contribution in [3.63, 3.8) is 0 Å². The SMILES string of the molecule is OCCN[C@H](O)CCN1C(O)C=C[C@@H]1O. The molecule has 0 radical (unpaired) electrons. The van der Waals surface area contributed by atoms with Crippen LogP contribution in [-0.2, 0) is 0 Å². The largest absolute Gasteiger partial charge is 0.395 e. The maximum absolute atomic E-state index is 9.39. The van der Waals surface area contributed by atoms with Gasteiger partial charge in [0.05, 0.1) is 6.61 Å². The molecule has 1 aliphatic rings. The van der Waals surface area contributed by atoms with Gasteiger partial charge in [-0.1, -0.05) is 0 Å². The van der Waals surface area contributed by atoms with Gasteiger partial charge in [0.1, 0.15) is 18.7 Å². The summed E-state index contributed by atoms with van der Waals surface area (Å²) in [6.45, 7) is 0.660. The van der Waals surface area contributed by atoms with Gasteiger partial charge in [0, 0.05) is 13.1 Å². The Bertz CT molecular complexity index is 200. The molecule has 0 spiro atoms. The number of nitrogens with one attached hydrogen (secondary N) is 1. The van der Waals surface area contributed by atoms with Gasteiger partial charge in [-0.2, -0.15) is 0 Å². The quantitative estimate of drug-likeness (QED) is 0.256. The lowest BCUT2D eigenvalue weighted by Crippen LogP contribution is -2.41. The van der Waals surface area contributed by atoms with Gasteiger partial charge in [-0.15, -0.1) is 0 Å². The molecule has 0 saturated carbocycles. The van der Waals surface area contributed by atoms with Gasteiger partial charge in [0.2, 0.25) is 0 Å². The third-order valence-corrected chi connectivity index (χ3v) is 2.29. The van der Waals surface area contributed by atoms with Gasteiger partial charge < -0.3 is 20.4 Å². The van der Waals surface area contributed by atoms with E-state index in [1.807, 2.05) is 0 Å². The second kappa shape index (κ2) is 6.16. The Morgan fingerprint density at radius 2 is 1.87 bits per heavy atom. The highest BCUT2D eigenvalue weighted by Gasteiger charge is 2.25. The lowest BCUT2D eigenvalue weighted by Gasteiger charge is -2.25. The van der Waals surface area contributed by atoms with Crippen LogP contribution in [0.25, 0.3) is 0 Å². The zero-order chi connectivity index (χ0) is 11.3. The van der Waals surface area contributed by atoms with Crippen molar-refractivity contribution in [2.75, 3.05) is 19.7 Å². The van der Waals surface area contributed by atoms with Crippen LogP contribution >= 0.6 is 0 Å². The van der Waals surface area contributed by atoms with Crippen LogP contribution in [0.3, 0.4) is 0 Å². The minimum Gasteiger partial charge on any atom is -0.395 e. The summed E-state index contributed by atoms with van der Waals surface area (Å²) in [5.41, 5.74) is 0. The average molecular weight is 218 g/mol. The summed E-state index contributed by atoms with van der Waals surface area (Å²) in [6, 6.07) is 0. The molecular formula is C9H18N2O4. The van der Waals surface area contributed by atoms with E-state index in [2.05, 4.69) is 5.32 Å². The van der Waals surface area contributed by atoms with Crippen LogP contribution in [0.2, 0.25) is 0 Å². The first-order chi connectivity index (χ1) is 7.15. The highest BCUT2D eigenvalue weighted by atomic mass is 16.3. The first kappa shape index (κ1) is 12.6. The molecule has 0 aliphatic carbocycles. The van der Waals surface area contributed by atoms with Gasteiger partial charge >= 0.3 is 0 Å². The lowest BCUT2D eigenvalue weighted by molar-refractivity contribution is -0.0472. The van der Waals surface area contributed by atoms with E-state index in [1.54, 1.807) is 0 Å². The first-order valence-electron chi connectivity index (χ1n) is 4.97. The van der Waals surface area contributed by atoms with Crippen molar-refractivity contribution in [3.8, 4) is 0 Å². The standard InChI is InChI=1S/C9H18N2O4/c12-6-4-10-7(13)3-5-11-8(14)1-2-9(11)15/h1-2,7-10,12-15H,3-6H2/t7-,8+,9?/m1/s1. The number of hydrogen-bond acceptors (Lipinski definition) is 6. The molecule has 3 atom stereocenters. The van der Waals surface area contributed by atoms with Gasteiger partial charge in [-0.3, -0.25) is 5.32 Å². The zero-order valence-corrected chi connectivity index (χ0v) is 8.45. The molecule has 0 aromatic heterocycles. The molecular weight excluding hydrogens is 200 g/mol. The predicted octanol–water partition coefficient (Wildman–Crippen LogP) is -2.21. The first-order valence-corrected chi connectivity index (χ1v) is 4.97. The van der Waals surface area contributed by atoms with Gasteiger partial charge in [0.15, 0.2) is 0 Å². The van der Waals surface area contributed by atoms with Crippen LogP contribution in [0.15, 0.2) is 12.2 Å². The van der Waals surface area contributed by atoms with E-state index in [0.717, 1.165) is 0 Å². The van der Waals surface area contributed by atoms with Crippen LogP contribution in [0.4, 0.5) is 0 Å². The number of rotatable bonds is 6. The third kappa shape index (κ3) is 3.86. The minimum absolute atomic E-state index is 0.0341. The van der Waals surface area contributed by atoms with Crippen molar-refractivity contribution in [1.29, 1.82) is 0 Å². The van der Waals surface area contributed by atoms with E-state index < -0.39 is 18.7 Å². The Labute approximate surface area is 88.4 Å². The highest BCUT2D eigenvalue weighted by molar-refractivity contribution is 5.01. The normalized spacial score (nSPS) is 28.5. The summed E-state index contributed by atoms with van der Waals surface area (Å²) in [4.78, 5) is 1.45. The van der Waals surface area contributed by atoms with Crippen molar-refractivity contribution in [1.82, 2.24) is 10.2 Å². The number of nitrogens with zero attached hydrogens (tertiary/aromatic N) is 1. The smallest absolute Gasteiger partial charge is 0.128 e. The number of aliphatic hydroxyl groups is 4. The van der Waals surface area contributed by atoms with Gasteiger partial charge in [0.25, 0.3) is 0 Å². The minimum atomic E-state index is -0.787. The maximum atomic E-state index is 9.39. The summed E-state index contributed by atoms with van der Waals surface area (Å²) < 4.78 is 0. The van der Waals surface area contributed by atoms with E-state index >= 15 is 0 Å². The molecule has 0 amide bonds. The molecule has 5 N–H and O–H groups in total. The average Bonchev–Trinajstić information content (AvgIpc) is 2.53. The Hall–Kier alpha value is -0.500. The molecule has 0 saturated heterocycles. The second-order valence-electron chi connectivity index (χ2n) is 3.43. The summed E-state index contributed by atoms with van der Waals surface area (Å²) in [5.74, 6) is 0. The number of aliphatic hydroxyl groups excluding tert-OH is 4. The molecule has 1 rings (SSSR count). The zero-order valence-electron chi connectivity index (χ0n) is 8.45. The predicted molar refractivity (Wildman–Crippen MR) is 53.6 cm³/mol. The Morgan fingerprint density at radius 3 is 2.40 bits per heavy atom. The molecule has 88 valence electrons. The Morgan fingerprint density at radius 1 is 1.27 bits per heavy atom. The van der Waals surface area contributed by atoms with Gasteiger partial charge in [-0.25, -0.2) is 4.90 Å². The molecule has 1 aliphatic heterocycles. The van der Waals surface area contributed by atoms with E-state index in [0.29, 0.717) is 19.5 Å². The lowest BCUT2D eigenvalue weighted by atomic mass is 10.3. The van der Waals surface area contributed by atoms with Crippen LogP contribution in [-0.4, -0.2) is 63.7 Å². The van der Waals surface area contributed by atoms with E-state index in [1.165, 1.54) is 17.1 Å². The second-order valence-corrected chi connectivity index (χ2v) is 3.43. The van der Waals surface area contributed by atoms with E-state index in [4.69, 9.17) is 5.11 Å². The summed E-state index contributed by atoms with van der Waals surface area (Å²) >= 11 is 0. The Kier molecular flexibility index (Phi) is 5.16. The summed E-state index contributed by atoms with van der Waals surface area (Å²) in [6.07, 6.45) is 1.05. The molecule has 0 aromatic carbocycles. The molecule has 0 bridgehead atoms. The van der Waals surface area contributed by atoms with Gasteiger partial charge in [-0.05, 0) is 18.6 Å². The van der Waals surface area contributed by atoms with Crippen molar-refractivity contribution in [2.45, 2.75) is 25.1 Å². The topological polar surface area (TPSA) is 96.2 Å². The number of hydrogen-bond donors (Lipinski definition) is 5. The highest BCUT2D eigenvalue weighted by Crippen LogP contribution is 2.13. The van der Waals surface area contributed by atoms with Crippen molar-refractivity contribution in [3.05, 3.63) is 12.2 Å². The molecule has 15 heavy (non-hydrogen) atoms.